The van der Waals surface area contributed by atoms with E-state index in [9.17, 15) is 4.79 Å². The second kappa shape index (κ2) is 11.7. The van der Waals surface area contributed by atoms with Crippen molar-refractivity contribution in [3.05, 3.63) is 0 Å². The van der Waals surface area contributed by atoms with Gasteiger partial charge in [-0.15, -0.1) is 0 Å². The van der Waals surface area contributed by atoms with Crippen LogP contribution in [0.4, 0.5) is 4.79 Å². The first-order valence-electron chi connectivity index (χ1n) is 6.68. The molecule has 0 saturated heterocycles. The van der Waals surface area contributed by atoms with Gasteiger partial charge < -0.3 is 14.6 Å². The predicted octanol–water partition coefficient (Wildman–Crippen LogP) is 3.84. The molecule has 0 aromatic heterocycles. The van der Waals surface area contributed by atoms with E-state index in [1.807, 2.05) is 0 Å². The van der Waals surface area contributed by atoms with Gasteiger partial charge in [-0.05, 0) is 12.8 Å². The van der Waals surface area contributed by atoms with Crippen LogP contribution < -0.4 is 0 Å². The minimum Gasteiger partial charge on any atom is -0.450 e. The number of carboxylic acid groups (broad SMARTS) is 1. The molecular weight excluding hydrogens is 220 g/mol. The summed E-state index contributed by atoms with van der Waals surface area (Å²) < 4.78 is 10.2. The van der Waals surface area contributed by atoms with E-state index in [4.69, 9.17) is 9.84 Å². The maximum atomic E-state index is 10.3. The van der Waals surface area contributed by atoms with Crippen LogP contribution in [0.1, 0.15) is 58.8 Å². The Balaban J connectivity index is 3.71. The summed E-state index contributed by atoms with van der Waals surface area (Å²) in [5, 5.41) is 8.47. The van der Waals surface area contributed by atoms with E-state index in [1.165, 1.54) is 19.3 Å². The topological polar surface area (TPSA) is 55.8 Å². The average molecular weight is 246 g/mol. The molecule has 0 aromatic carbocycles. The van der Waals surface area contributed by atoms with E-state index in [2.05, 4.69) is 18.6 Å². The van der Waals surface area contributed by atoms with Crippen molar-refractivity contribution in [3.8, 4) is 0 Å². The van der Waals surface area contributed by atoms with Crippen molar-refractivity contribution < 1.29 is 19.4 Å². The van der Waals surface area contributed by atoms with Crippen LogP contribution in [0.15, 0.2) is 0 Å². The molecule has 0 aliphatic carbocycles. The molecule has 4 heteroatoms. The summed E-state index contributed by atoms with van der Waals surface area (Å²) in [6, 6.07) is 0. The molecule has 1 atom stereocenters. The fraction of sp³-hybridized carbons (Fsp3) is 0.923. The first-order valence-corrected chi connectivity index (χ1v) is 6.68. The largest absolute Gasteiger partial charge is 0.505 e. The Bertz CT molecular complexity index is 182. The Hall–Kier alpha value is -0.770. The molecule has 0 amide bonds. The number of hydrogen-bond donors (Lipinski definition) is 1. The first-order chi connectivity index (χ1) is 8.20. The lowest BCUT2D eigenvalue weighted by Gasteiger charge is -2.16. The molecule has 0 fully saturated rings. The van der Waals surface area contributed by atoms with Gasteiger partial charge in [-0.1, -0.05) is 46.0 Å². The predicted molar refractivity (Wildman–Crippen MR) is 67.4 cm³/mol. The summed E-state index contributed by atoms with van der Waals surface area (Å²) >= 11 is 0. The Morgan fingerprint density at radius 2 is 1.82 bits per heavy atom. The van der Waals surface area contributed by atoms with Crippen LogP contribution >= 0.6 is 0 Å². The van der Waals surface area contributed by atoms with Crippen molar-refractivity contribution in [2.75, 3.05) is 13.2 Å². The van der Waals surface area contributed by atoms with Gasteiger partial charge in [0, 0.05) is 6.61 Å². The SMILES string of the molecule is CCCCCCC(COC(=O)O)OCCCC. The Morgan fingerprint density at radius 3 is 2.41 bits per heavy atom. The molecule has 0 aliphatic heterocycles. The van der Waals surface area contributed by atoms with Gasteiger partial charge in [0.05, 0.1) is 6.10 Å². The minimum atomic E-state index is -1.22. The zero-order valence-electron chi connectivity index (χ0n) is 11.1. The van der Waals surface area contributed by atoms with Gasteiger partial charge in [-0.2, -0.15) is 0 Å². The van der Waals surface area contributed by atoms with Crippen LogP contribution in [0.25, 0.3) is 0 Å². The quantitative estimate of drug-likeness (QED) is 0.444. The summed E-state index contributed by atoms with van der Waals surface area (Å²) in [5.74, 6) is 0. The second-order valence-corrected chi connectivity index (χ2v) is 4.27. The van der Waals surface area contributed by atoms with Gasteiger partial charge in [0.1, 0.15) is 6.61 Å². The highest BCUT2D eigenvalue weighted by atomic mass is 16.7. The summed E-state index contributed by atoms with van der Waals surface area (Å²) in [6.45, 7) is 5.12. The molecule has 0 bridgehead atoms. The molecule has 0 aliphatic rings. The van der Waals surface area contributed by atoms with Gasteiger partial charge in [-0.3, -0.25) is 0 Å². The molecule has 17 heavy (non-hydrogen) atoms. The van der Waals surface area contributed by atoms with Gasteiger partial charge in [0.25, 0.3) is 0 Å². The maximum absolute atomic E-state index is 10.3. The van der Waals surface area contributed by atoms with E-state index in [0.29, 0.717) is 6.61 Å². The fourth-order valence-electron chi connectivity index (χ4n) is 1.57. The molecule has 0 heterocycles. The molecule has 1 unspecified atom stereocenters. The van der Waals surface area contributed by atoms with Crippen LogP contribution in [0.5, 0.6) is 0 Å². The third-order valence-electron chi connectivity index (χ3n) is 2.62. The van der Waals surface area contributed by atoms with Gasteiger partial charge in [-0.25, -0.2) is 4.79 Å². The molecule has 0 radical (unpaired) electrons. The fourth-order valence-corrected chi connectivity index (χ4v) is 1.57. The van der Waals surface area contributed by atoms with Gasteiger partial charge in [0.2, 0.25) is 0 Å². The highest BCUT2D eigenvalue weighted by molar-refractivity contribution is 5.56. The summed E-state index contributed by atoms with van der Waals surface area (Å²) in [5.41, 5.74) is 0. The highest BCUT2D eigenvalue weighted by Crippen LogP contribution is 2.09. The van der Waals surface area contributed by atoms with Crippen LogP contribution in [0.2, 0.25) is 0 Å². The molecule has 0 rings (SSSR count). The van der Waals surface area contributed by atoms with Crippen LogP contribution in [0, 0.1) is 0 Å². The minimum absolute atomic E-state index is 0.0745. The van der Waals surface area contributed by atoms with Crippen LogP contribution in [0.3, 0.4) is 0 Å². The van der Waals surface area contributed by atoms with E-state index in [-0.39, 0.29) is 12.7 Å². The van der Waals surface area contributed by atoms with E-state index in [1.54, 1.807) is 0 Å². The Morgan fingerprint density at radius 1 is 1.12 bits per heavy atom. The lowest BCUT2D eigenvalue weighted by Crippen LogP contribution is -2.22. The number of rotatable bonds is 11. The molecule has 1 N–H and O–H groups in total. The summed E-state index contributed by atoms with van der Waals surface area (Å²) in [6.07, 6.45) is 6.37. The molecule has 0 spiro atoms. The second-order valence-electron chi connectivity index (χ2n) is 4.27. The number of carbonyl (C=O) groups is 1. The normalized spacial score (nSPS) is 12.4. The van der Waals surface area contributed by atoms with Crippen molar-refractivity contribution in [2.24, 2.45) is 0 Å². The van der Waals surface area contributed by atoms with E-state index in [0.717, 1.165) is 25.7 Å². The summed E-state index contributed by atoms with van der Waals surface area (Å²) in [7, 11) is 0. The van der Waals surface area contributed by atoms with E-state index < -0.39 is 6.16 Å². The highest BCUT2D eigenvalue weighted by Gasteiger charge is 2.11. The maximum Gasteiger partial charge on any atom is 0.505 e. The Labute approximate surface area is 104 Å². The molecule has 0 saturated carbocycles. The molecule has 4 nitrogen and oxygen atoms in total. The molecule has 0 aromatic rings. The van der Waals surface area contributed by atoms with Crippen LogP contribution in [-0.2, 0) is 9.47 Å². The monoisotopic (exact) mass is 246 g/mol. The molecule has 102 valence electrons. The third kappa shape index (κ3) is 11.5. The standard InChI is InChI=1S/C13H26O4/c1-3-5-7-8-9-12(11-17-13(14)15)16-10-6-4-2/h12H,3-11H2,1-2H3,(H,14,15). The number of ether oxygens (including phenoxy) is 2. The van der Waals surface area contributed by atoms with Crippen molar-refractivity contribution in [1.82, 2.24) is 0 Å². The van der Waals surface area contributed by atoms with Crippen LogP contribution in [-0.4, -0.2) is 30.6 Å². The van der Waals surface area contributed by atoms with Gasteiger partial charge in [0.15, 0.2) is 0 Å². The average Bonchev–Trinajstić information content (AvgIpc) is 2.30. The van der Waals surface area contributed by atoms with Crippen molar-refractivity contribution in [3.63, 3.8) is 0 Å². The lowest BCUT2D eigenvalue weighted by molar-refractivity contribution is -0.0129. The van der Waals surface area contributed by atoms with Crippen molar-refractivity contribution in [2.45, 2.75) is 64.9 Å². The van der Waals surface area contributed by atoms with Crippen molar-refractivity contribution in [1.29, 1.82) is 0 Å². The lowest BCUT2D eigenvalue weighted by atomic mass is 10.1. The summed E-state index contributed by atoms with van der Waals surface area (Å²) in [4.78, 5) is 10.3. The number of unbranched alkanes of at least 4 members (excludes halogenated alkanes) is 4. The first kappa shape index (κ1) is 16.2. The third-order valence-corrected chi connectivity index (χ3v) is 2.62. The Kier molecular flexibility index (Phi) is 11.2. The zero-order chi connectivity index (χ0) is 12.9. The van der Waals surface area contributed by atoms with E-state index >= 15 is 0 Å². The number of hydrogen-bond acceptors (Lipinski definition) is 3. The smallest absolute Gasteiger partial charge is 0.450 e. The van der Waals surface area contributed by atoms with Crippen molar-refractivity contribution >= 4 is 6.16 Å². The zero-order valence-corrected chi connectivity index (χ0v) is 11.1. The molecular formula is C13H26O4. The van der Waals surface area contributed by atoms with Gasteiger partial charge >= 0.3 is 6.16 Å².